The smallest absolute Gasteiger partial charge is 0.339 e. The SMILES string of the molecule is CCc1oc(C(=O)NC(C)c2cccs2)cc1C(=O)O. The second-order valence-corrected chi connectivity index (χ2v) is 5.30. The van der Waals surface area contributed by atoms with Crippen LogP contribution in [-0.2, 0) is 6.42 Å². The van der Waals surface area contributed by atoms with Crippen LogP contribution in [0.25, 0.3) is 0 Å². The first-order valence-corrected chi connectivity index (χ1v) is 7.11. The molecule has 0 fully saturated rings. The highest BCUT2D eigenvalue weighted by Crippen LogP contribution is 2.20. The zero-order valence-electron chi connectivity index (χ0n) is 11.2. The number of nitrogens with one attached hydrogen (secondary N) is 1. The number of aryl methyl sites for hydroxylation is 1. The minimum absolute atomic E-state index is 0.0302. The number of carbonyl (C=O) groups is 2. The number of amides is 1. The van der Waals surface area contributed by atoms with Gasteiger partial charge < -0.3 is 14.8 Å². The van der Waals surface area contributed by atoms with Crippen molar-refractivity contribution in [1.82, 2.24) is 5.32 Å². The zero-order chi connectivity index (χ0) is 14.7. The molecule has 2 heterocycles. The van der Waals surface area contributed by atoms with Gasteiger partial charge in [0.15, 0.2) is 5.76 Å². The van der Waals surface area contributed by atoms with Crippen molar-refractivity contribution < 1.29 is 19.1 Å². The summed E-state index contributed by atoms with van der Waals surface area (Å²) >= 11 is 1.55. The van der Waals surface area contributed by atoms with Crippen LogP contribution in [0.2, 0.25) is 0 Å². The molecule has 5 nitrogen and oxygen atoms in total. The van der Waals surface area contributed by atoms with Crippen LogP contribution >= 0.6 is 11.3 Å². The van der Waals surface area contributed by atoms with Crippen LogP contribution < -0.4 is 5.32 Å². The first kappa shape index (κ1) is 14.3. The van der Waals surface area contributed by atoms with Gasteiger partial charge in [0.1, 0.15) is 11.3 Å². The Morgan fingerprint density at radius 2 is 2.25 bits per heavy atom. The van der Waals surface area contributed by atoms with Crippen molar-refractivity contribution >= 4 is 23.2 Å². The molecule has 0 radical (unpaired) electrons. The van der Waals surface area contributed by atoms with Gasteiger partial charge in [-0.05, 0) is 18.4 Å². The molecule has 0 saturated heterocycles. The molecule has 0 bridgehead atoms. The molecule has 0 saturated carbocycles. The second-order valence-electron chi connectivity index (χ2n) is 4.32. The van der Waals surface area contributed by atoms with E-state index in [4.69, 9.17) is 9.52 Å². The Labute approximate surface area is 120 Å². The predicted octanol–water partition coefficient (Wildman–Crippen LogP) is 3.09. The Balaban J connectivity index is 2.15. The second kappa shape index (κ2) is 5.92. The maximum Gasteiger partial charge on any atom is 0.339 e. The monoisotopic (exact) mass is 293 g/mol. The Bertz CT molecular complexity index is 615. The number of rotatable bonds is 5. The molecule has 106 valence electrons. The van der Waals surface area contributed by atoms with E-state index in [0.29, 0.717) is 12.2 Å². The van der Waals surface area contributed by atoms with Crippen LogP contribution in [0.4, 0.5) is 0 Å². The van der Waals surface area contributed by atoms with Crippen molar-refractivity contribution in [2.24, 2.45) is 0 Å². The first-order chi connectivity index (χ1) is 9.52. The highest BCUT2D eigenvalue weighted by Gasteiger charge is 2.21. The molecule has 6 heteroatoms. The molecule has 2 aromatic heterocycles. The van der Waals surface area contributed by atoms with E-state index in [-0.39, 0.29) is 17.4 Å². The van der Waals surface area contributed by atoms with Gasteiger partial charge in [-0.25, -0.2) is 4.79 Å². The van der Waals surface area contributed by atoms with E-state index in [9.17, 15) is 9.59 Å². The third-order valence-electron chi connectivity index (χ3n) is 2.90. The Morgan fingerprint density at radius 3 is 2.75 bits per heavy atom. The quantitative estimate of drug-likeness (QED) is 0.887. The molecule has 0 aliphatic rings. The number of carbonyl (C=O) groups excluding carboxylic acids is 1. The van der Waals surface area contributed by atoms with Gasteiger partial charge in [0.25, 0.3) is 5.91 Å². The van der Waals surface area contributed by atoms with E-state index in [1.807, 2.05) is 24.4 Å². The lowest BCUT2D eigenvalue weighted by Gasteiger charge is -2.10. The summed E-state index contributed by atoms with van der Waals surface area (Å²) in [6.45, 7) is 3.65. The summed E-state index contributed by atoms with van der Waals surface area (Å²) in [5, 5.41) is 13.8. The molecule has 20 heavy (non-hydrogen) atoms. The van der Waals surface area contributed by atoms with E-state index in [1.54, 1.807) is 18.3 Å². The lowest BCUT2D eigenvalue weighted by Crippen LogP contribution is -2.25. The fourth-order valence-corrected chi connectivity index (χ4v) is 2.60. The van der Waals surface area contributed by atoms with Crippen molar-refractivity contribution in [2.75, 3.05) is 0 Å². The number of hydrogen-bond acceptors (Lipinski definition) is 4. The average Bonchev–Trinajstić information content (AvgIpc) is 3.07. The first-order valence-electron chi connectivity index (χ1n) is 6.23. The lowest BCUT2D eigenvalue weighted by molar-refractivity contribution is 0.0694. The Morgan fingerprint density at radius 1 is 1.50 bits per heavy atom. The fraction of sp³-hybridized carbons (Fsp3) is 0.286. The number of thiophene rings is 1. The molecule has 0 aliphatic heterocycles. The zero-order valence-corrected chi connectivity index (χ0v) is 12.0. The third kappa shape index (κ3) is 2.91. The predicted molar refractivity (Wildman–Crippen MR) is 75.2 cm³/mol. The average molecular weight is 293 g/mol. The van der Waals surface area contributed by atoms with Crippen molar-refractivity contribution in [3.8, 4) is 0 Å². The summed E-state index contributed by atoms with van der Waals surface area (Å²) in [5.41, 5.74) is 0.0430. The van der Waals surface area contributed by atoms with E-state index >= 15 is 0 Å². The normalized spacial score (nSPS) is 12.1. The van der Waals surface area contributed by atoms with Crippen molar-refractivity contribution in [3.63, 3.8) is 0 Å². The summed E-state index contributed by atoms with van der Waals surface area (Å²) in [6, 6.07) is 4.97. The third-order valence-corrected chi connectivity index (χ3v) is 3.96. The van der Waals surface area contributed by atoms with Crippen molar-refractivity contribution in [3.05, 3.63) is 45.5 Å². The van der Waals surface area contributed by atoms with Crippen LogP contribution in [-0.4, -0.2) is 17.0 Å². The van der Waals surface area contributed by atoms with Gasteiger partial charge in [0.05, 0.1) is 6.04 Å². The van der Waals surface area contributed by atoms with E-state index in [0.717, 1.165) is 4.88 Å². The van der Waals surface area contributed by atoms with Gasteiger partial charge in [0.2, 0.25) is 0 Å². The number of aromatic carboxylic acids is 1. The van der Waals surface area contributed by atoms with Gasteiger partial charge in [0, 0.05) is 17.4 Å². The maximum atomic E-state index is 12.1. The molecule has 0 aromatic carbocycles. The molecule has 1 amide bonds. The van der Waals surface area contributed by atoms with E-state index in [2.05, 4.69) is 5.32 Å². The molecule has 1 atom stereocenters. The molecule has 0 spiro atoms. The van der Waals surface area contributed by atoms with Crippen LogP contribution in [0, 0.1) is 0 Å². The molecule has 0 aliphatic carbocycles. The number of carboxylic acids is 1. The Hall–Kier alpha value is -2.08. The molecular weight excluding hydrogens is 278 g/mol. The summed E-state index contributed by atoms with van der Waals surface area (Å²) in [6.07, 6.45) is 0.426. The van der Waals surface area contributed by atoms with Gasteiger partial charge >= 0.3 is 5.97 Å². The number of furan rings is 1. The minimum Gasteiger partial charge on any atom is -0.478 e. The summed E-state index contributed by atoms with van der Waals surface area (Å²) < 4.78 is 5.32. The van der Waals surface area contributed by atoms with Gasteiger partial charge in [-0.1, -0.05) is 13.0 Å². The maximum absolute atomic E-state index is 12.1. The molecule has 2 N–H and O–H groups in total. The topological polar surface area (TPSA) is 79.5 Å². The van der Waals surface area contributed by atoms with E-state index in [1.165, 1.54) is 6.07 Å². The number of carboxylic acid groups (broad SMARTS) is 1. The van der Waals surface area contributed by atoms with Crippen LogP contribution in [0.1, 0.15) is 51.4 Å². The standard InChI is InChI=1S/C14H15NO4S/c1-3-10-9(14(17)18)7-11(19-10)13(16)15-8(2)12-5-4-6-20-12/h4-8H,3H2,1-2H3,(H,15,16)(H,17,18). The molecular formula is C14H15NO4S. The van der Waals surface area contributed by atoms with E-state index < -0.39 is 11.9 Å². The van der Waals surface area contributed by atoms with Gasteiger partial charge in [-0.2, -0.15) is 0 Å². The minimum atomic E-state index is -1.09. The lowest BCUT2D eigenvalue weighted by atomic mass is 10.2. The summed E-state index contributed by atoms with van der Waals surface area (Å²) in [7, 11) is 0. The summed E-state index contributed by atoms with van der Waals surface area (Å²) in [4.78, 5) is 24.1. The highest BCUT2D eigenvalue weighted by atomic mass is 32.1. The van der Waals surface area contributed by atoms with Gasteiger partial charge in [-0.3, -0.25) is 4.79 Å². The van der Waals surface area contributed by atoms with Crippen LogP contribution in [0.5, 0.6) is 0 Å². The van der Waals surface area contributed by atoms with Crippen LogP contribution in [0.3, 0.4) is 0 Å². The highest BCUT2D eigenvalue weighted by molar-refractivity contribution is 7.10. The Kier molecular flexibility index (Phi) is 4.24. The van der Waals surface area contributed by atoms with Gasteiger partial charge in [-0.15, -0.1) is 11.3 Å². The summed E-state index contributed by atoms with van der Waals surface area (Å²) in [5.74, 6) is -1.15. The molecule has 2 aromatic rings. The van der Waals surface area contributed by atoms with Crippen molar-refractivity contribution in [1.29, 1.82) is 0 Å². The van der Waals surface area contributed by atoms with Crippen LogP contribution in [0.15, 0.2) is 28.0 Å². The number of hydrogen-bond donors (Lipinski definition) is 2. The molecule has 2 rings (SSSR count). The largest absolute Gasteiger partial charge is 0.478 e. The van der Waals surface area contributed by atoms with Crippen molar-refractivity contribution in [2.45, 2.75) is 26.3 Å². The molecule has 1 unspecified atom stereocenters. The fourth-order valence-electron chi connectivity index (χ4n) is 1.86.